The van der Waals surface area contributed by atoms with Crippen molar-refractivity contribution in [3.05, 3.63) is 0 Å². The molecular formula is C19H33N3O4. The Balaban J connectivity index is 1.58. The van der Waals surface area contributed by atoms with E-state index in [1.165, 1.54) is 0 Å². The summed E-state index contributed by atoms with van der Waals surface area (Å²) in [6.45, 7) is 4.14. The Hall–Kier alpha value is -1.18. The first-order valence-corrected chi connectivity index (χ1v) is 9.94. The number of hydrogen-bond acceptors (Lipinski definition) is 5. The van der Waals surface area contributed by atoms with Gasteiger partial charge in [0.25, 0.3) is 0 Å². The number of carbonyl (C=O) groups excluding carboxylic acids is 2. The molecule has 3 saturated heterocycles. The molecule has 3 heterocycles. The molecule has 3 rings (SSSR count). The van der Waals surface area contributed by atoms with Crippen LogP contribution in [0.15, 0.2) is 0 Å². The molecule has 0 aromatic rings. The average Bonchev–Trinajstić information content (AvgIpc) is 3.37. The van der Waals surface area contributed by atoms with Gasteiger partial charge in [0.2, 0.25) is 11.8 Å². The lowest BCUT2D eigenvalue weighted by Crippen LogP contribution is -2.48. The molecular weight excluding hydrogens is 334 g/mol. The van der Waals surface area contributed by atoms with Gasteiger partial charge in [0.15, 0.2) is 0 Å². The summed E-state index contributed by atoms with van der Waals surface area (Å²) in [7, 11) is 3.66. The Morgan fingerprint density at radius 2 is 1.65 bits per heavy atom. The molecule has 3 unspecified atom stereocenters. The molecule has 0 bridgehead atoms. The highest BCUT2D eigenvalue weighted by atomic mass is 16.5. The van der Waals surface area contributed by atoms with E-state index in [1.54, 1.807) is 9.80 Å². The maximum atomic E-state index is 13.2. The quantitative estimate of drug-likeness (QED) is 0.715. The van der Waals surface area contributed by atoms with Crippen molar-refractivity contribution in [3.63, 3.8) is 0 Å². The summed E-state index contributed by atoms with van der Waals surface area (Å²) in [6.07, 6.45) is 5.38. The molecule has 3 atom stereocenters. The van der Waals surface area contributed by atoms with E-state index in [9.17, 15) is 9.59 Å². The highest BCUT2D eigenvalue weighted by molar-refractivity contribution is 5.89. The fourth-order valence-corrected chi connectivity index (χ4v) is 4.35. The number of hydrogen-bond donors (Lipinski definition) is 1. The van der Waals surface area contributed by atoms with Gasteiger partial charge in [0.1, 0.15) is 0 Å². The minimum atomic E-state index is -0.630. The van der Waals surface area contributed by atoms with Gasteiger partial charge in [-0.3, -0.25) is 9.59 Å². The van der Waals surface area contributed by atoms with Crippen molar-refractivity contribution in [1.29, 1.82) is 0 Å². The van der Waals surface area contributed by atoms with Crippen LogP contribution in [0, 0.1) is 5.41 Å². The van der Waals surface area contributed by atoms with Gasteiger partial charge in [0.05, 0.1) is 17.6 Å². The smallest absolute Gasteiger partial charge is 0.230 e. The summed E-state index contributed by atoms with van der Waals surface area (Å²) in [5.74, 6) is 0.0972. The largest absolute Gasteiger partial charge is 0.376 e. The van der Waals surface area contributed by atoms with Crippen LogP contribution >= 0.6 is 0 Å². The van der Waals surface area contributed by atoms with Crippen molar-refractivity contribution in [1.82, 2.24) is 15.1 Å². The minimum Gasteiger partial charge on any atom is -0.376 e. The zero-order valence-corrected chi connectivity index (χ0v) is 16.2. The number of nitrogens with one attached hydrogen (secondary N) is 1. The van der Waals surface area contributed by atoms with Crippen LogP contribution in [0.4, 0.5) is 0 Å². The van der Waals surface area contributed by atoms with Gasteiger partial charge in [-0.05, 0) is 38.6 Å². The Labute approximate surface area is 156 Å². The average molecular weight is 367 g/mol. The maximum absolute atomic E-state index is 13.2. The van der Waals surface area contributed by atoms with E-state index >= 15 is 0 Å². The molecule has 3 fully saturated rings. The van der Waals surface area contributed by atoms with E-state index in [4.69, 9.17) is 9.47 Å². The van der Waals surface area contributed by atoms with Crippen molar-refractivity contribution in [2.75, 3.05) is 53.5 Å². The van der Waals surface area contributed by atoms with E-state index in [1.807, 2.05) is 14.1 Å². The Morgan fingerprint density at radius 3 is 2.15 bits per heavy atom. The fourth-order valence-electron chi connectivity index (χ4n) is 4.35. The summed E-state index contributed by atoms with van der Waals surface area (Å²) in [5.41, 5.74) is -0.630. The van der Waals surface area contributed by atoms with Gasteiger partial charge in [0, 0.05) is 53.4 Å². The highest BCUT2D eigenvalue weighted by Gasteiger charge is 2.45. The first-order valence-electron chi connectivity index (χ1n) is 9.94. The summed E-state index contributed by atoms with van der Waals surface area (Å²) in [4.78, 5) is 29.5. The van der Waals surface area contributed by atoms with Crippen LogP contribution in [0.25, 0.3) is 0 Å². The van der Waals surface area contributed by atoms with E-state index in [0.717, 1.165) is 45.4 Å². The fraction of sp³-hybridized carbons (Fsp3) is 0.895. The molecule has 7 nitrogen and oxygen atoms in total. The summed E-state index contributed by atoms with van der Waals surface area (Å²) in [5, 5.41) is 3.29. The van der Waals surface area contributed by atoms with Gasteiger partial charge in [-0.15, -0.1) is 0 Å². The van der Waals surface area contributed by atoms with Crippen molar-refractivity contribution < 1.29 is 19.1 Å². The number of carbonyl (C=O) groups is 2. The summed E-state index contributed by atoms with van der Waals surface area (Å²) >= 11 is 0. The van der Waals surface area contributed by atoms with Crippen LogP contribution in [-0.4, -0.2) is 87.3 Å². The standard InChI is InChI=1S/C19H33N3O4/c1-21(12-15-5-3-9-25-15)17(23)11-19(7-8-20-14-19)18(24)22(2)13-16-6-4-10-26-16/h15-16,20H,3-14H2,1-2H3. The minimum absolute atomic E-state index is 0.0306. The monoisotopic (exact) mass is 367 g/mol. The predicted octanol–water partition coefficient (Wildman–Crippen LogP) is 0.631. The molecule has 1 N–H and O–H groups in total. The summed E-state index contributed by atoms with van der Waals surface area (Å²) < 4.78 is 11.3. The molecule has 0 radical (unpaired) electrons. The normalized spacial score (nSPS) is 31.3. The number of amides is 2. The Morgan fingerprint density at radius 1 is 1.04 bits per heavy atom. The molecule has 7 heteroatoms. The van der Waals surface area contributed by atoms with Crippen molar-refractivity contribution in [2.45, 2.75) is 50.7 Å². The number of likely N-dealkylation sites (N-methyl/N-ethyl adjacent to an activating group) is 2. The first kappa shape index (κ1) is 19.6. The lowest BCUT2D eigenvalue weighted by molar-refractivity contribution is -0.147. The molecule has 26 heavy (non-hydrogen) atoms. The molecule has 0 saturated carbocycles. The Kier molecular flexibility index (Phi) is 6.53. The van der Waals surface area contributed by atoms with Crippen LogP contribution in [-0.2, 0) is 19.1 Å². The molecule has 0 spiro atoms. The van der Waals surface area contributed by atoms with Crippen LogP contribution in [0.3, 0.4) is 0 Å². The van der Waals surface area contributed by atoms with Gasteiger partial charge in [-0.25, -0.2) is 0 Å². The van der Waals surface area contributed by atoms with Crippen molar-refractivity contribution in [2.24, 2.45) is 5.41 Å². The van der Waals surface area contributed by atoms with E-state index in [0.29, 0.717) is 26.1 Å². The molecule has 0 aliphatic carbocycles. The second-order valence-corrected chi connectivity index (χ2v) is 8.11. The zero-order chi connectivity index (χ0) is 18.6. The first-order chi connectivity index (χ1) is 12.5. The van der Waals surface area contributed by atoms with Crippen LogP contribution in [0.5, 0.6) is 0 Å². The highest BCUT2D eigenvalue weighted by Crippen LogP contribution is 2.33. The molecule has 2 amide bonds. The van der Waals surface area contributed by atoms with E-state index < -0.39 is 5.41 Å². The third-order valence-electron chi connectivity index (χ3n) is 5.96. The Bertz CT molecular complexity index is 495. The third-order valence-corrected chi connectivity index (χ3v) is 5.96. The predicted molar refractivity (Wildman–Crippen MR) is 97.8 cm³/mol. The zero-order valence-electron chi connectivity index (χ0n) is 16.2. The van der Waals surface area contributed by atoms with Crippen molar-refractivity contribution >= 4 is 11.8 Å². The molecule has 3 aliphatic rings. The van der Waals surface area contributed by atoms with Crippen LogP contribution in [0.1, 0.15) is 38.5 Å². The second kappa shape index (κ2) is 8.67. The molecule has 0 aromatic heterocycles. The third kappa shape index (κ3) is 4.56. The second-order valence-electron chi connectivity index (χ2n) is 8.11. The molecule has 3 aliphatic heterocycles. The van der Waals surface area contributed by atoms with Gasteiger partial charge in [-0.1, -0.05) is 0 Å². The van der Waals surface area contributed by atoms with Crippen LogP contribution < -0.4 is 5.32 Å². The number of ether oxygens (including phenoxy) is 2. The van der Waals surface area contributed by atoms with E-state index in [-0.39, 0.29) is 30.4 Å². The maximum Gasteiger partial charge on any atom is 0.230 e. The van der Waals surface area contributed by atoms with Gasteiger partial charge in [-0.2, -0.15) is 0 Å². The lowest BCUT2D eigenvalue weighted by Gasteiger charge is -2.34. The molecule has 0 aromatic carbocycles. The lowest BCUT2D eigenvalue weighted by atomic mass is 9.81. The SMILES string of the molecule is CN(CC1CCCO1)C(=O)CC1(C(=O)N(C)CC2CCCO2)CCNC1. The van der Waals surface area contributed by atoms with Crippen LogP contribution in [0.2, 0.25) is 0 Å². The number of nitrogens with zero attached hydrogens (tertiary/aromatic N) is 2. The van der Waals surface area contributed by atoms with E-state index in [2.05, 4.69) is 5.32 Å². The van der Waals surface area contributed by atoms with Gasteiger partial charge < -0.3 is 24.6 Å². The number of rotatable bonds is 7. The summed E-state index contributed by atoms with van der Waals surface area (Å²) in [6, 6.07) is 0. The topological polar surface area (TPSA) is 71.1 Å². The van der Waals surface area contributed by atoms with Gasteiger partial charge >= 0.3 is 0 Å². The van der Waals surface area contributed by atoms with Crippen molar-refractivity contribution in [3.8, 4) is 0 Å². The molecule has 148 valence electrons.